The normalized spacial score (nSPS) is 8.58. The maximum atomic E-state index is 8.35. The van der Waals surface area contributed by atoms with Crippen molar-refractivity contribution in [2.24, 2.45) is 0 Å². The summed E-state index contributed by atoms with van der Waals surface area (Å²) >= 11 is 0. The summed E-state index contributed by atoms with van der Waals surface area (Å²) in [5, 5.41) is 10.8. The van der Waals surface area contributed by atoms with Gasteiger partial charge in [-0.3, -0.25) is 0 Å². The Balaban J connectivity index is 0.000000520. The topological polar surface area (TPSA) is 81.8 Å². The van der Waals surface area contributed by atoms with Crippen LogP contribution in [-0.4, -0.2) is 12.2 Å². The number of benzene rings is 2. The van der Waals surface area contributed by atoms with E-state index in [1.54, 1.807) is 0 Å². The quantitative estimate of drug-likeness (QED) is 0.638. The van der Waals surface area contributed by atoms with E-state index in [-0.39, 0.29) is 6.40 Å². The first-order chi connectivity index (χ1) is 9.71. The Kier molecular flexibility index (Phi) is 8.77. The third-order valence-electron chi connectivity index (χ3n) is 1.93. The molecule has 2 N–H and O–H groups in total. The Labute approximate surface area is 113 Å². The Morgan fingerprint density at radius 2 is 1.05 bits per heavy atom. The van der Waals surface area contributed by atoms with Crippen molar-refractivity contribution >= 4 is 12.2 Å². The van der Waals surface area contributed by atoms with E-state index >= 15 is 0 Å². The lowest BCUT2D eigenvalue weighted by atomic mass is 10.1. The highest BCUT2D eigenvalue weighted by molar-refractivity contribution is 5.26. The number of hydrogen-bond acceptors (Lipinski definition) is 4. The van der Waals surface area contributed by atoms with E-state index in [2.05, 4.69) is 0 Å². The lowest BCUT2D eigenvalue weighted by Gasteiger charge is -2.00. The number of rotatable bonds is 2. The summed E-state index contributed by atoms with van der Waals surface area (Å²) in [7, 11) is 0. The van der Waals surface area contributed by atoms with Crippen molar-refractivity contribution in [1.29, 1.82) is 10.8 Å². The minimum atomic E-state index is -0.266. The van der Waals surface area contributed by atoms with Crippen LogP contribution in [0.2, 0.25) is 0 Å². The zero-order chi connectivity index (χ0) is 15.2. The summed E-state index contributed by atoms with van der Waals surface area (Å²) in [6.45, 7) is 0. The predicted octanol–water partition coefficient (Wildman–Crippen LogP) is 3.08. The van der Waals surface area contributed by atoms with E-state index in [4.69, 9.17) is 21.8 Å². The SMILES string of the molecule is N=C=O.N=C=O.[2H]C(c1ccccc1)c1ccccc1. The number of carbonyl (C=O) groups excluding carboxylic acids is 2. The van der Waals surface area contributed by atoms with E-state index in [0.717, 1.165) is 23.3 Å². The van der Waals surface area contributed by atoms with Gasteiger partial charge in [0.05, 0.1) is 0 Å². The van der Waals surface area contributed by atoms with Gasteiger partial charge in [-0.1, -0.05) is 60.7 Å². The second-order valence-corrected chi connectivity index (χ2v) is 3.17. The van der Waals surface area contributed by atoms with Crippen molar-refractivity contribution in [3.63, 3.8) is 0 Å². The van der Waals surface area contributed by atoms with Gasteiger partial charge in [0.15, 0.2) is 0 Å². The van der Waals surface area contributed by atoms with Gasteiger partial charge in [-0.05, 0) is 17.5 Å². The molecule has 0 aromatic heterocycles. The zero-order valence-electron chi connectivity index (χ0n) is 11.2. The standard InChI is InChI=1S/C13H12.2CHNO/c1-3-7-12(8-4-1)11-13-9-5-2-6-10-13;2*2-1-3/h1-10H,11H2;2*2H/i11D;;. The highest BCUT2D eigenvalue weighted by atomic mass is 16.1. The Hall–Kier alpha value is -2.80. The van der Waals surface area contributed by atoms with Gasteiger partial charge in [0.2, 0.25) is 12.2 Å². The average molecular weight is 255 g/mol. The molecule has 0 aliphatic rings. The molecule has 0 fully saturated rings. The second kappa shape index (κ2) is 11.7. The van der Waals surface area contributed by atoms with Crippen molar-refractivity contribution < 1.29 is 11.0 Å². The average Bonchev–Trinajstić information content (AvgIpc) is 2.50. The molecule has 4 nitrogen and oxygen atoms in total. The van der Waals surface area contributed by atoms with Crippen LogP contribution in [0.5, 0.6) is 0 Å². The van der Waals surface area contributed by atoms with Crippen LogP contribution in [0.4, 0.5) is 0 Å². The highest BCUT2D eigenvalue weighted by Gasteiger charge is 1.92. The highest BCUT2D eigenvalue weighted by Crippen LogP contribution is 2.07. The van der Waals surface area contributed by atoms with Crippen molar-refractivity contribution in [3.05, 3.63) is 71.8 Å². The van der Waals surface area contributed by atoms with Crippen LogP contribution >= 0.6 is 0 Å². The third-order valence-corrected chi connectivity index (χ3v) is 1.93. The maximum Gasteiger partial charge on any atom is 0.231 e. The first-order valence-corrected chi connectivity index (χ1v) is 5.31. The van der Waals surface area contributed by atoms with E-state index in [0.29, 0.717) is 0 Å². The monoisotopic (exact) mass is 255 g/mol. The van der Waals surface area contributed by atoms with Crippen LogP contribution in [0.3, 0.4) is 0 Å². The first kappa shape index (κ1) is 14.3. The fourth-order valence-electron chi connectivity index (χ4n) is 1.29. The largest absolute Gasteiger partial charge is 0.231 e. The van der Waals surface area contributed by atoms with Crippen LogP contribution in [0, 0.1) is 10.8 Å². The summed E-state index contributed by atoms with van der Waals surface area (Å²) in [6, 6.07) is 19.8. The molecule has 0 spiro atoms. The molecule has 4 heteroatoms. The molecule has 2 rings (SSSR count). The minimum absolute atomic E-state index is 0.266. The molecule has 0 heterocycles. The molecule has 0 saturated carbocycles. The molecule has 0 radical (unpaired) electrons. The molecular weight excluding hydrogens is 240 g/mol. The van der Waals surface area contributed by atoms with Gasteiger partial charge in [-0.25, -0.2) is 20.4 Å². The number of nitrogens with one attached hydrogen (secondary N) is 2. The summed E-state index contributed by atoms with van der Waals surface area (Å²) in [5.74, 6) is 0. The zero-order valence-corrected chi connectivity index (χ0v) is 10.2. The molecule has 0 bridgehead atoms. The van der Waals surface area contributed by atoms with Crippen LogP contribution in [0.1, 0.15) is 12.5 Å². The van der Waals surface area contributed by atoms with Crippen molar-refractivity contribution in [2.75, 3.05) is 0 Å². The molecule has 0 aliphatic heterocycles. The van der Waals surface area contributed by atoms with Gasteiger partial charge in [-0.15, -0.1) is 0 Å². The summed E-state index contributed by atoms with van der Waals surface area (Å²) in [6.07, 6.45) is 1.23. The summed E-state index contributed by atoms with van der Waals surface area (Å²) < 4.78 is 8.05. The smallest absolute Gasteiger partial charge is 0.222 e. The van der Waals surface area contributed by atoms with Crippen LogP contribution in [-0.2, 0) is 16.0 Å². The van der Waals surface area contributed by atoms with Gasteiger partial charge in [-0.2, -0.15) is 0 Å². The molecule has 0 atom stereocenters. The molecule has 2 aromatic carbocycles. The summed E-state index contributed by atoms with van der Waals surface area (Å²) in [5.41, 5.74) is 2.08. The van der Waals surface area contributed by atoms with Gasteiger partial charge < -0.3 is 0 Å². The number of isocyanates is 2. The number of hydrogen-bond donors (Lipinski definition) is 2. The molecule has 0 unspecified atom stereocenters. The molecular formula is C15H14N2O2. The van der Waals surface area contributed by atoms with Crippen LogP contribution in [0.15, 0.2) is 60.7 Å². The fourth-order valence-corrected chi connectivity index (χ4v) is 1.29. The summed E-state index contributed by atoms with van der Waals surface area (Å²) in [4.78, 5) is 16.7. The van der Waals surface area contributed by atoms with E-state index < -0.39 is 0 Å². The van der Waals surface area contributed by atoms with Gasteiger partial charge in [0, 0.05) is 1.37 Å². The van der Waals surface area contributed by atoms with E-state index in [9.17, 15) is 0 Å². The predicted molar refractivity (Wildman–Crippen MR) is 72.5 cm³/mol. The molecule has 0 amide bonds. The molecule has 2 aromatic rings. The molecule has 19 heavy (non-hydrogen) atoms. The fraction of sp³-hybridized carbons (Fsp3) is 0.0667. The second-order valence-electron chi connectivity index (χ2n) is 3.17. The Bertz CT molecular complexity index is 495. The van der Waals surface area contributed by atoms with E-state index in [1.165, 1.54) is 0 Å². The third kappa shape index (κ3) is 8.95. The molecule has 0 aliphatic carbocycles. The molecule has 96 valence electrons. The minimum Gasteiger partial charge on any atom is -0.222 e. The lowest BCUT2D eigenvalue weighted by molar-refractivity contribution is 0.562. The van der Waals surface area contributed by atoms with Crippen molar-refractivity contribution in [1.82, 2.24) is 0 Å². The molecule has 0 saturated heterocycles. The lowest BCUT2D eigenvalue weighted by Crippen LogP contribution is -1.85. The maximum absolute atomic E-state index is 8.35. The van der Waals surface area contributed by atoms with Gasteiger partial charge in [0.1, 0.15) is 0 Å². The Morgan fingerprint density at radius 1 is 0.789 bits per heavy atom. The van der Waals surface area contributed by atoms with E-state index in [1.807, 2.05) is 60.7 Å². The Morgan fingerprint density at radius 3 is 1.32 bits per heavy atom. The van der Waals surface area contributed by atoms with Gasteiger partial charge in [0.25, 0.3) is 0 Å². The van der Waals surface area contributed by atoms with Crippen LogP contribution in [0.25, 0.3) is 0 Å². The van der Waals surface area contributed by atoms with Crippen LogP contribution < -0.4 is 0 Å². The first-order valence-electron chi connectivity index (χ1n) is 5.88. The van der Waals surface area contributed by atoms with Crippen molar-refractivity contribution in [2.45, 2.75) is 6.40 Å². The van der Waals surface area contributed by atoms with Crippen molar-refractivity contribution in [3.8, 4) is 0 Å². The van der Waals surface area contributed by atoms with Gasteiger partial charge >= 0.3 is 0 Å².